The fourth-order valence-electron chi connectivity index (χ4n) is 9.53. The van der Waals surface area contributed by atoms with Crippen LogP contribution in [0, 0.1) is 0 Å². The van der Waals surface area contributed by atoms with E-state index in [1.807, 2.05) is 11.3 Å². The van der Waals surface area contributed by atoms with Crippen molar-refractivity contribution in [2.45, 2.75) is 0 Å². The molecule has 2 nitrogen and oxygen atoms in total. The quantitative estimate of drug-likeness (QED) is 0.148. The molecule has 0 spiro atoms. The van der Waals surface area contributed by atoms with Crippen molar-refractivity contribution in [3.8, 4) is 50.2 Å². The minimum Gasteiger partial charge on any atom is -0.309 e. The van der Waals surface area contributed by atoms with E-state index >= 15 is 0 Å². The third-order valence-corrected chi connectivity index (χ3v) is 13.6. The molecule has 296 valence electrons. The Morgan fingerprint density at radius 1 is 0.333 bits per heavy atom. The summed E-state index contributed by atoms with van der Waals surface area (Å²) in [4.78, 5) is 2.49. The second-order valence-electron chi connectivity index (χ2n) is 16.0. The van der Waals surface area contributed by atoms with Gasteiger partial charge in [0.05, 0.1) is 28.1 Å². The molecule has 2 aromatic heterocycles. The van der Waals surface area contributed by atoms with Crippen molar-refractivity contribution < 1.29 is 0 Å². The van der Waals surface area contributed by atoms with Crippen LogP contribution in [0.3, 0.4) is 0 Å². The van der Waals surface area contributed by atoms with Crippen molar-refractivity contribution in [1.82, 2.24) is 4.57 Å². The Kier molecular flexibility index (Phi) is 9.06. The van der Waals surface area contributed by atoms with Gasteiger partial charge in [-0.05, 0) is 76.3 Å². The zero-order valence-electron chi connectivity index (χ0n) is 34.4. The molecule has 10 aromatic carbocycles. The summed E-state index contributed by atoms with van der Waals surface area (Å²) in [6.07, 6.45) is 0. The predicted molar refractivity (Wildman–Crippen MR) is 270 cm³/mol. The Labute approximate surface area is 370 Å². The maximum Gasteiger partial charge on any atom is 0.0562 e. The van der Waals surface area contributed by atoms with Crippen LogP contribution in [-0.2, 0) is 0 Å². The Bertz CT molecular complexity index is 3600. The van der Waals surface area contributed by atoms with Crippen molar-refractivity contribution in [3.63, 3.8) is 0 Å². The molecule has 0 aliphatic rings. The van der Waals surface area contributed by atoms with Crippen molar-refractivity contribution in [2.75, 3.05) is 4.90 Å². The molecule has 0 amide bonds. The van der Waals surface area contributed by atoms with Crippen molar-refractivity contribution >= 4 is 70.4 Å². The fraction of sp³-hybridized carbons (Fsp3) is 0. The number of hydrogen-bond acceptors (Lipinski definition) is 2. The smallest absolute Gasteiger partial charge is 0.0562 e. The van der Waals surface area contributed by atoms with Gasteiger partial charge in [0.1, 0.15) is 0 Å². The first kappa shape index (κ1) is 36.8. The van der Waals surface area contributed by atoms with E-state index in [9.17, 15) is 0 Å². The summed E-state index contributed by atoms with van der Waals surface area (Å²) in [5.41, 5.74) is 16.3. The normalized spacial score (nSPS) is 11.5. The number of rotatable bonds is 8. The highest BCUT2D eigenvalue weighted by Gasteiger charge is 2.25. The number of para-hydroxylation sites is 2. The molecule has 0 saturated heterocycles. The molecule has 0 unspecified atom stereocenters. The van der Waals surface area contributed by atoms with Gasteiger partial charge in [-0.2, -0.15) is 0 Å². The van der Waals surface area contributed by atoms with Gasteiger partial charge in [-0.15, -0.1) is 11.3 Å². The fourth-order valence-corrected chi connectivity index (χ4v) is 10.8. The lowest BCUT2D eigenvalue weighted by atomic mass is 9.96. The largest absolute Gasteiger partial charge is 0.309 e. The molecule has 0 aliphatic heterocycles. The maximum atomic E-state index is 2.49. The molecule has 12 rings (SSSR count). The van der Waals surface area contributed by atoms with Crippen LogP contribution in [0.15, 0.2) is 243 Å². The third-order valence-electron chi connectivity index (χ3n) is 12.4. The highest BCUT2D eigenvalue weighted by molar-refractivity contribution is 7.26. The zero-order chi connectivity index (χ0) is 41.7. The number of thiophene rings is 1. The van der Waals surface area contributed by atoms with E-state index in [-0.39, 0.29) is 0 Å². The van der Waals surface area contributed by atoms with E-state index in [4.69, 9.17) is 0 Å². The second-order valence-corrected chi connectivity index (χ2v) is 17.1. The van der Waals surface area contributed by atoms with Gasteiger partial charge in [-0.3, -0.25) is 0 Å². The van der Waals surface area contributed by atoms with Crippen LogP contribution >= 0.6 is 11.3 Å². The molecular formula is C60H40N2S. The van der Waals surface area contributed by atoms with Crippen molar-refractivity contribution in [3.05, 3.63) is 243 Å². The topological polar surface area (TPSA) is 8.17 Å². The molecule has 0 fully saturated rings. The summed E-state index contributed by atoms with van der Waals surface area (Å²) < 4.78 is 5.11. The van der Waals surface area contributed by atoms with Crippen LogP contribution in [-0.4, -0.2) is 4.57 Å². The van der Waals surface area contributed by atoms with E-state index in [1.165, 1.54) is 58.8 Å². The lowest BCUT2D eigenvalue weighted by Crippen LogP contribution is -2.12. The molecule has 63 heavy (non-hydrogen) atoms. The monoisotopic (exact) mass is 820 g/mol. The lowest BCUT2D eigenvalue weighted by molar-refractivity contribution is 1.18. The van der Waals surface area contributed by atoms with Crippen LogP contribution in [0.2, 0.25) is 0 Å². The first-order valence-corrected chi connectivity index (χ1v) is 22.3. The summed E-state index contributed by atoms with van der Waals surface area (Å²) in [7, 11) is 0. The van der Waals surface area contributed by atoms with Gasteiger partial charge < -0.3 is 9.47 Å². The maximum absolute atomic E-state index is 2.49. The summed E-state index contributed by atoms with van der Waals surface area (Å²) in [6.45, 7) is 0. The highest BCUT2D eigenvalue weighted by atomic mass is 32.1. The van der Waals surface area contributed by atoms with Crippen LogP contribution in [0.25, 0.3) is 92.2 Å². The number of nitrogens with zero attached hydrogens (tertiary/aromatic N) is 2. The second kappa shape index (κ2) is 15.5. The third kappa shape index (κ3) is 6.33. The molecule has 0 atom stereocenters. The molecule has 0 aliphatic carbocycles. The van der Waals surface area contributed by atoms with Crippen LogP contribution in [0.4, 0.5) is 17.1 Å². The van der Waals surface area contributed by atoms with E-state index in [1.54, 1.807) is 0 Å². The SMILES string of the molecule is c1ccc(-c2ccc(N(c3cc(-c4ccccc4)ccc3-c3ccccc3)c3cccc4c3c3ccccc3n4-c3ccccc3-c3cccc4c3sc3ccccc34)cc2)cc1. The Morgan fingerprint density at radius 3 is 1.67 bits per heavy atom. The number of anilines is 3. The van der Waals surface area contributed by atoms with E-state index < -0.39 is 0 Å². The van der Waals surface area contributed by atoms with Gasteiger partial charge in [0.15, 0.2) is 0 Å². The standard InChI is InChI=1S/C60H40N2S/c1-4-18-41(19-5-1)43-34-37-46(38-35-43)61(57-40-45(42-20-6-2-7-21-42)36-39-47(57)44-22-8-3-9-23-44)55-31-17-32-56-59(55)52-26-11-14-30-54(52)62(56)53-29-13-10-24-48(53)50-27-16-28-51-49-25-12-15-33-58(49)63-60(50)51/h1-40H. The molecule has 0 N–H and O–H groups in total. The predicted octanol–water partition coefficient (Wildman–Crippen LogP) is 17.3. The Balaban J connectivity index is 1.14. The first-order chi connectivity index (χ1) is 31.3. The number of fused-ring (bicyclic) bond motifs is 6. The van der Waals surface area contributed by atoms with Gasteiger partial charge >= 0.3 is 0 Å². The molecule has 3 heteroatoms. The summed E-state index contributed by atoms with van der Waals surface area (Å²) in [6, 6.07) is 88.4. The minimum absolute atomic E-state index is 1.08. The summed E-state index contributed by atoms with van der Waals surface area (Å²) in [5.74, 6) is 0. The van der Waals surface area contributed by atoms with E-state index in [0.717, 1.165) is 50.5 Å². The first-order valence-electron chi connectivity index (χ1n) is 21.5. The van der Waals surface area contributed by atoms with Crippen molar-refractivity contribution in [2.24, 2.45) is 0 Å². The molecule has 0 saturated carbocycles. The zero-order valence-corrected chi connectivity index (χ0v) is 35.2. The number of benzene rings is 10. The molecule has 0 radical (unpaired) electrons. The summed E-state index contributed by atoms with van der Waals surface area (Å²) in [5, 5.41) is 5.00. The van der Waals surface area contributed by atoms with Gasteiger partial charge in [0.25, 0.3) is 0 Å². The highest BCUT2D eigenvalue weighted by Crippen LogP contribution is 2.49. The van der Waals surface area contributed by atoms with E-state index in [0.29, 0.717) is 0 Å². The van der Waals surface area contributed by atoms with Gasteiger partial charge in [0.2, 0.25) is 0 Å². The molecule has 2 heterocycles. The number of aromatic nitrogens is 1. The summed E-state index contributed by atoms with van der Waals surface area (Å²) >= 11 is 1.88. The van der Waals surface area contributed by atoms with Crippen LogP contribution < -0.4 is 4.90 Å². The molecule has 12 aromatic rings. The molecular weight excluding hydrogens is 781 g/mol. The van der Waals surface area contributed by atoms with E-state index in [2.05, 4.69) is 252 Å². The van der Waals surface area contributed by atoms with Crippen LogP contribution in [0.5, 0.6) is 0 Å². The van der Waals surface area contributed by atoms with Gasteiger partial charge in [-0.1, -0.05) is 194 Å². The Hall–Kier alpha value is -7.98. The average Bonchev–Trinajstić information content (AvgIpc) is 3.92. The van der Waals surface area contributed by atoms with Gasteiger partial charge in [0, 0.05) is 53.3 Å². The molecule has 0 bridgehead atoms. The lowest BCUT2D eigenvalue weighted by Gasteiger charge is -2.29. The average molecular weight is 821 g/mol. The van der Waals surface area contributed by atoms with Crippen molar-refractivity contribution in [1.29, 1.82) is 0 Å². The van der Waals surface area contributed by atoms with Crippen LogP contribution in [0.1, 0.15) is 0 Å². The number of hydrogen-bond donors (Lipinski definition) is 0. The van der Waals surface area contributed by atoms with Gasteiger partial charge in [-0.25, -0.2) is 0 Å². The Morgan fingerprint density at radius 2 is 0.889 bits per heavy atom. The minimum atomic E-state index is 1.08.